The molecule has 1 saturated carbocycles. The lowest BCUT2D eigenvalue weighted by Crippen LogP contribution is -2.42. The minimum absolute atomic E-state index is 0.0341. The van der Waals surface area contributed by atoms with Crippen LogP contribution in [0.4, 0.5) is 0 Å². The van der Waals surface area contributed by atoms with E-state index in [4.69, 9.17) is 5.73 Å². The molecule has 0 aromatic carbocycles. The smallest absolute Gasteiger partial charge is 0.239 e. The van der Waals surface area contributed by atoms with Crippen LogP contribution in [0.25, 0.3) is 0 Å². The van der Waals surface area contributed by atoms with Crippen molar-refractivity contribution in [3.05, 3.63) is 12.7 Å². The zero-order valence-electron chi connectivity index (χ0n) is 8.20. The fourth-order valence-electron chi connectivity index (χ4n) is 1.34. The first kappa shape index (κ1) is 10.3. The fraction of sp³-hybridized carbons (Fsp3) is 0.700. The number of carbonyl (C=O) groups excluding carboxylic acids is 1. The van der Waals surface area contributed by atoms with Gasteiger partial charge in [-0.3, -0.25) is 4.79 Å². The maximum atomic E-state index is 11.5. The Balaban J connectivity index is 2.30. The summed E-state index contributed by atoms with van der Waals surface area (Å²) < 4.78 is 0. The summed E-state index contributed by atoms with van der Waals surface area (Å²) in [4.78, 5) is 13.3. The zero-order chi connectivity index (χ0) is 9.84. The molecule has 1 aliphatic rings. The number of likely N-dealkylation sites (N-methyl/N-ethyl adjacent to an activating group) is 1. The Morgan fingerprint density at radius 2 is 2.38 bits per heavy atom. The third-order valence-electron chi connectivity index (χ3n) is 2.34. The molecule has 0 radical (unpaired) electrons. The van der Waals surface area contributed by atoms with E-state index in [2.05, 4.69) is 6.58 Å². The molecule has 1 aliphatic carbocycles. The Morgan fingerprint density at radius 3 is 2.85 bits per heavy atom. The normalized spacial score (nSPS) is 18.0. The second-order valence-corrected chi connectivity index (χ2v) is 3.79. The number of nitrogens with zero attached hydrogens (tertiary/aromatic N) is 1. The van der Waals surface area contributed by atoms with E-state index < -0.39 is 6.04 Å². The largest absolute Gasteiger partial charge is 0.344 e. The van der Waals surface area contributed by atoms with Crippen LogP contribution in [-0.2, 0) is 4.79 Å². The molecule has 1 rings (SSSR count). The molecule has 0 bridgehead atoms. The van der Waals surface area contributed by atoms with Crippen molar-refractivity contribution >= 4 is 5.91 Å². The molecule has 0 aliphatic heterocycles. The molecule has 1 fully saturated rings. The van der Waals surface area contributed by atoms with Gasteiger partial charge in [0.1, 0.15) is 0 Å². The van der Waals surface area contributed by atoms with Crippen molar-refractivity contribution in [3.8, 4) is 0 Å². The predicted molar refractivity (Wildman–Crippen MR) is 53.2 cm³/mol. The fourth-order valence-corrected chi connectivity index (χ4v) is 1.34. The third-order valence-corrected chi connectivity index (χ3v) is 2.34. The number of carbonyl (C=O) groups is 1. The summed E-state index contributed by atoms with van der Waals surface area (Å²) in [5.41, 5.74) is 5.66. The topological polar surface area (TPSA) is 46.3 Å². The highest BCUT2D eigenvalue weighted by molar-refractivity contribution is 5.81. The van der Waals surface area contributed by atoms with Crippen LogP contribution in [0.3, 0.4) is 0 Å². The van der Waals surface area contributed by atoms with Crippen molar-refractivity contribution < 1.29 is 4.79 Å². The Hall–Kier alpha value is -0.830. The minimum atomic E-state index is -0.402. The summed E-state index contributed by atoms with van der Waals surface area (Å²) in [7, 11) is 1.82. The standard InChI is InChI=1S/C10H18N2O/c1-3-4-9(11)10(13)12(2)7-8-5-6-8/h3,8-9H,1,4-7,11H2,2H3. The van der Waals surface area contributed by atoms with E-state index in [9.17, 15) is 4.79 Å². The van der Waals surface area contributed by atoms with Gasteiger partial charge in [-0.15, -0.1) is 6.58 Å². The van der Waals surface area contributed by atoms with E-state index in [0.717, 1.165) is 12.5 Å². The van der Waals surface area contributed by atoms with Crippen LogP contribution in [0.5, 0.6) is 0 Å². The summed E-state index contributed by atoms with van der Waals surface area (Å²) in [6.45, 7) is 4.43. The van der Waals surface area contributed by atoms with Crippen LogP contribution in [0.2, 0.25) is 0 Å². The SMILES string of the molecule is C=CCC(N)C(=O)N(C)CC1CC1. The average molecular weight is 182 g/mol. The van der Waals surface area contributed by atoms with Crippen molar-refractivity contribution in [2.45, 2.75) is 25.3 Å². The van der Waals surface area contributed by atoms with Crippen molar-refractivity contribution in [2.75, 3.05) is 13.6 Å². The first-order chi connectivity index (χ1) is 6.15. The van der Waals surface area contributed by atoms with E-state index in [-0.39, 0.29) is 5.91 Å². The van der Waals surface area contributed by atoms with Gasteiger partial charge >= 0.3 is 0 Å². The van der Waals surface area contributed by atoms with Crippen LogP contribution in [0.1, 0.15) is 19.3 Å². The van der Waals surface area contributed by atoms with E-state index in [1.165, 1.54) is 12.8 Å². The highest BCUT2D eigenvalue weighted by Gasteiger charge is 2.26. The highest BCUT2D eigenvalue weighted by Crippen LogP contribution is 2.29. The number of hydrogen-bond acceptors (Lipinski definition) is 2. The molecular formula is C10H18N2O. The lowest BCUT2D eigenvalue weighted by atomic mass is 10.2. The number of rotatable bonds is 5. The van der Waals surface area contributed by atoms with Gasteiger partial charge in [0, 0.05) is 13.6 Å². The van der Waals surface area contributed by atoms with Crippen LogP contribution in [0.15, 0.2) is 12.7 Å². The summed E-state index contributed by atoms with van der Waals surface area (Å²) in [5, 5.41) is 0. The Morgan fingerprint density at radius 1 is 1.77 bits per heavy atom. The first-order valence-electron chi connectivity index (χ1n) is 4.76. The monoisotopic (exact) mass is 182 g/mol. The molecule has 0 aromatic rings. The second kappa shape index (κ2) is 4.42. The van der Waals surface area contributed by atoms with Gasteiger partial charge in [-0.05, 0) is 25.2 Å². The molecular weight excluding hydrogens is 164 g/mol. The van der Waals surface area contributed by atoms with Crippen molar-refractivity contribution in [2.24, 2.45) is 11.7 Å². The maximum Gasteiger partial charge on any atom is 0.239 e. The zero-order valence-corrected chi connectivity index (χ0v) is 8.20. The second-order valence-electron chi connectivity index (χ2n) is 3.79. The van der Waals surface area contributed by atoms with Gasteiger partial charge in [0.25, 0.3) is 0 Å². The molecule has 1 unspecified atom stereocenters. The number of hydrogen-bond donors (Lipinski definition) is 1. The molecule has 1 atom stereocenters. The van der Waals surface area contributed by atoms with Crippen LogP contribution in [0, 0.1) is 5.92 Å². The van der Waals surface area contributed by atoms with Crippen molar-refractivity contribution in [1.82, 2.24) is 4.90 Å². The van der Waals surface area contributed by atoms with Crippen LogP contribution in [-0.4, -0.2) is 30.4 Å². The summed E-state index contributed by atoms with van der Waals surface area (Å²) in [6.07, 6.45) is 4.77. The average Bonchev–Trinajstić information content (AvgIpc) is 2.87. The molecule has 0 aromatic heterocycles. The van der Waals surface area contributed by atoms with Gasteiger partial charge in [0.2, 0.25) is 5.91 Å². The molecule has 0 heterocycles. The van der Waals surface area contributed by atoms with Crippen LogP contribution < -0.4 is 5.73 Å². The van der Waals surface area contributed by atoms with Gasteiger partial charge in [0.05, 0.1) is 6.04 Å². The number of nitrogens with two attached hydrogens (primary N) is 1. The predicted octanol–water partition coefficient (Wildman–Crippen LogP) is 0.758. The molecule has 3 heteroatoms. The third kappa shape index (κ3) is 3.19. The molecule has 2 N–H and O–H groups in total. The molecule has 13 heavy (non-hydrogen) atoms. The Bertz CT molecular complexity index is 199. The van der Waals surface area contributed by atoms with Gasteiger partial charge in [-0.1, -0.05) is 6.08 Å². The molecule has 0 saturated heterocycles. The van der Waals surface area contributed by atoms with E-state index in [1.807, 2.05) is 7.05 Å². The maximum absolute atomic E-state index is 11.5. The lowest BCUT2D eigenvalue weighted by molar-refractivity contribution is -0.131. The quantitative estimate of drug-likeness (QED) is 0.638. The van der Waals surface area contributed by atoms with E-state index >= 15 is 0 Å². The molecule has 3 nitrogen and oxygen atoms in total. The summed E-state index contributed by atoms with van der Waals surface area (Å²) in [5.74, 6) is 0.761. The highest BCUT2D eigenvalue weighted by atomic mass is 16.2. The lowest BCUT2D eigenvalue weighted by Gasteiger charge is -2.20. The minimum Gasteiger partial charge on any atom is -0.344 e. The van der Waals surface area contributed by atoms with Gasteiger partial charge in [0.15, 0.2) is 0 Å². The van der Waals surface area contributed by atoms with E-state index in [0.29, 0.717) is 6.42 Å². The first-order valence-corrected chi connectivity index (χ1v) is 4.76. The molecule has 74 valence electrons. The van der Waals surface area contributed by atoms with Crippen LogP contribution >= 0.6 is 0 Å². The van der Waals surface area contributed by atoms with Gasteiger partial charge in [-0.2, -0.15) is 0 Å². The van der Waals surface area contributed by atoms with Gasteiger partial charge in [-0.25, -0.2) is 0 Å². The molecule has 1 amide bonds. The summed E-state index contributed by atoms with van der Waals surface area (Å²) in [6, 6.07) is -0.402. The Kier molecular flexibility index (Phi) is 3.48. The summed E-state index contributed by atoms with van der Waals surface area (Å²) >= 11 is 0. The Labute approximate surface area is 79.6 Å². The van der Waals surface area contributed by atoms with E-state index in [1.54, 1.807) is 11.0 Å². The number of amides is 1. The van der Waals surface area contributed by atoms with Crippen molar-refractivity contribution in [3.63, 3.8) is 0 Å². The van der Waals surface area contributed by atoms with Crippen molar-refractivity contribution in [1.29, 1.82) is 0 Å². The molecule has 0 spiro atoms. The van der Waals surface area contributed by atoms with Gasteiger partial charge < -0.3 is 10.6 Å².